The first-order chi connectivity index (χ1) is 14.2. The van der Waals surface area contributed by atoms with E-state index >= 15 is 0 Å². The number of hydrogen-bond donors (Lipinski definition) is 1. The van der Waals surface area contributed by atoms with Gasteiger partial charge in [-0.15, -0.1) is 0 Å². The van der Waals surface area contributed by atoms with Gasteiger partial charge in [0, 0.05) is 12.0 Å². The second-order valence-electron chi connectivity index (χ2n) is 12.1. The molecule has 1 N–H and O–H groups in total. The first kappa shape index (κ1) is 22.1. The first-order valence-corrected chi connectivity index (χ1v) is 12.7. The fourth-order valence-electron chi connectivity index (χ4n) is 8.50. The van der Waals surface area contributed by atoms with Crippen LogP contribution in [0, 0.1) is 46.3 Å². The first-order valence-electron chi connectivity index (χ1n) is 12.7. The predicted octanol–water partition coefficient (Wildman–Crippen LogP) is 7.04. The summed E-state index contributed by atoms with van der Waals surface area (Å²) in [6.45, 7) is 12.1. The smallest absolute Gasteiger partial charge is 0.159 e. The fraction of sp³-hybridized carbons (Fsp3) is 0.852. The third kappa shape index (κ3) is 3.48. The summed E-state index contributed by atoms with van der Waals surface area (Å²) in [5.41, 5.74) is 2.05. The molecule has 0 bridgehead atoms. The number of fused-ring (bicyclic) bond motifs is 5. The Morgan fingerprint density at radius 3 is 2.57 bits per heavy atom. The van der Waals surface area contributed by atoms with Gasteiger partial charge in [0.05, 0.1) is 5.71 Å². The highest BCUT2D eigenvalue weighted by atomic mass is 16.4. The van der Waals surface area contributed by atoms with Gasteiger partial charge in [0.25, 0.3) is 0 Å². The van der Waals surface area contributed by atoms with Crippen molar-refractivity contribution in [2.75, 3.05) is 0 Å². The van der Waals surface area contributed by atoms with Gasteiger partial charge in [-0.1, -0.05) is 59.0 Å². The lowest BCUT2D eigenvalue weighted by atomic mass is 9.46. The van der Waals surface area contributed by atoms with Crippen LogP contribution >= 0.6 is 0 Å². The Bertz CT molecular complexity index is 737. The summed E-state index contributed by atoms with van der Waals surface area (Å²) in [6, 6.07) is 0. The summed E-state index contributed by atoms with van der Waals surface area (Å²) in [5, 5.41) is 12.7. The van der Waals surface area contributed by atoms with E-state index in [2.05, 4.69) is 39.8 Å². The van der Waals surface area contributed by atoms with E-state index in [0.717, 1.165) is 42.6 Å². The van der Waals surface area contributed by atoms with Crippen molar-refractivity contribution in [1.82, 2.24) is 0 Å². The van der Waals surface area contributed by atoms with Gasteiger partial charge >= 0.3 is 0 Å². The molecule has 7 atom stereocenters. The molecule has 0 radical (unpaired) electrons. The summed E-state index contributed by atoms with van der Waals surface area (Å²) >= 11 is 0. The quantitative estimate of drug-likeness (QED) is 0.388. The van der Waals surface area contributed by atoms with Crippen molar-refractivity contribution < 1.29 is 10.0 Å². The Balaban J connectivity index is 1.54. The molecule has 168 valence electrons. The number of Topliss-reactive ketones (excluding diaryl/α,β-unsaturated/α-hetero) is 1. The Hall–Kier alpha value is -1.12. The van der Waals surface area contributed by atoms with Crippen LogP contribution in [0.5, 0.6) is 0 Å². The molecule has 4 aliphatic rings. The van der Waals surface area contributed by atoms with Gasteiger partial charge < -0.3 is 5.21 Å². The number of nitrogens with zero attached hydrogens (tertiary/aromatic N) is 1. The number of hydrogen-bond acceptors (Lipinski definition) is 3. The largest absolute Gasteiger partial charge is 0.411 e. The van der Waals surface area contributed by atoms with Crippen LogP contribution < -0.4 is 0 Å². The molecule has 0 heterocycles. The van der Waals surface area contributed by atoms with E-state index in [-0.39, 0.29) is 5.41 Å². The highest BCUT2D eigenvalue weighted by Crippen LogP contribution is 2.67. The third-order valence-electron chi connectivity index (χ3n) is 10.1. The molecule has 0 amide bonds. The van der Waals surface area contributed by atoms with Gasteiger partial charge in [-0.05, 0) is 90.9 Å². The zero-order chi connectivity index (χ0) is 21.7. The molecule has 30 heavy (non-hydrogen) atoms. The van der Waals surface area contributed by atoms with Crippen LogP contribution in [0.2, 0.25) is 0 Å². The van der Waals surface area contributed by atoms with Crippen LogP contribution in [0.15, 0.2) is 16.8 Å². The molecule has 0 aromatic carbocycles. The number of rotatable bonds is 5. The number of allylic oxidation sites excluding steroid dienone is 2. The minimum Gasteiger partial charge on any atom is -0.411 e. The third-order valence-corrected chi connectivity index (χ3v) is 10.1. The van der Waals surface area contributed by atoms with Gasteiger partial charge in [-0.2, -0.15) is 0 Å². The SMILES string of the molecule is CC(C)CCC[C@H](C)[C@@H]1CC[C@@H]2[C@H]3CC(=O)C4=C/C(=N/O)CC[C@]4(C)[C@@H]3CC[C@@]21C. The van der Waals surface area contributed by atoms with Crippen LogP contribution in [0.4, 0.5) is 0 Å². The Kier molecular flexibility index (Phi) is 5.96. The molecular weight excluding hydrogens is 370 g/mol. The van der Waals surface area contributed by atoms with Crippen molar-refractivity contribution in [3.05, 3.63) is 11.6 Å². The van der Waals surface area contributed by atoms with Crippen LogP contribution in [0.25, 0.3) is 0 Å². The maximum absolute atomic E-state index is 13.3. The summed E-state index contributed by atoms with van der Waals surface area (Å²) in [6.07, 6.45) is 13.8. The standard InChI is InChI=1S/C27H43NO2/c1-17(2)7-6-8-18(3)21-9-10-22-20-16-25(29)24-15-19(28-30)11-13-27(24,5)23(20)12-14-26(21,22)4/h15,17-18,20-23,30H,6-14,16H2,1-5H3/b28-19+/t18-,20+,21-,22+,23+,26+,27+/m0/s1. The zero-order valence-electron chi connectivity index (χ0n) is 19.9. The second-order valence-corrected chi connectivity index (χ2v) is 12.1. The van der Waals surface area contributed by atoms with Gasteiger partial charge in [-0.3, -0.25) is 4.79 Å². The highest BCUT2D eigenvalue weighted by Gasteiger charge is 2.60. The molecule has 3 saturated carbocycles. The molecule has 0 unspecified atom stereocenters. The maximum Gasteiger partial charge on any atom is 0.159 e. The van der Waals surface area contributed by atoms with Crippen LogP contribution in [0.1, 0.15) is 98.8 Å². The lowest BCUT2D eigenvalue weighted by molar-refractivity contribution is -0.128. The monoisotopic (exact) mass is 413 g/mol. The van der Waals surface area contributed by atoms with E-state index in [1.165, 1.54) is 44.9 Å². The van der Waals surface area contributed by atoms with E-state index in [9.17, 15) is 10.0 Å². The molecule has 4 aliphatic carbocycles. The summed E-state index contributed by atoms with van der Waals surface area (Å²) in [5.74, 6) is 4.66. The maximum atomic E-state index is 13.3. The van der Waals surface area contributed by atoms with E-state index in [4.69, 9.17) is 0 Å². The van der Waals surface area contributed by atoms with Gasteiger partial charge in [0.2, 0.25) is 0 Å². The molecular formula is C27H43NO2. The van der Waals surface area contributed by atoms with Crippen molar-refractivity contribution in [2.45, 2.75) is 98.8 Å². The summed E-state index contributed by atoms with van der Waals surface area (Å²) < 4.78 is 0. The van der Waals surface area contributed by atoms with Gasteiger partial charge in [0.1, 0.15) is 0 Å². The molecule has 0 spiro atoms. The lowest BCUT2D eigenvalue weighted by Crippen LogP contribution is -2.53. The average Bonchev–Trinajstić information content (AvgIpc) is 3.05. The van der Waals surface area contributed by atoms with E-state index in [1.807, 2.05) is 6.08 Å². The van der Waals surface area contributed by atoms with Crippen molar-refractivity contribution >= 4 is 11.5 Å². The average molecular weight is 414 g/mol. The molecule has 3 heteroatoms. The number of oxime groups is 1. The van der Waals surface area contributed by atoms with Gasteiger partial charge in [-0.25, -0.2) is 0 Å². The molecule has 0 aromatic rings. The van der Waals surface area contributed by atoms with E-state index < -0.39 is 0 Å². The van der Waals surface area contributed by atoms with E-state index in [1.54, 1.807) is 0 Å². The van der Waals surface area contributed by atoms with Crippen molar-refractivity contribution in [2.24, 2.45) is 51.5 Å². The van der Waals surface area contributed by atoms with Crippen molar-refractivity contribution in [3.63, 3.8) is 0 Å². The second kappa shape index (κ2) is 8.10. The molecule has 4 rings (SSSR count). The number of ketones is 1. The van der Waals surface area contributed by atoms with Gasteiger partial charge in [0.15, 0.2) is 5.78 Å². The number of carbonyl (C=O) groups excluding carboxylic acids is 1. The normalized spacial score (nSPS) is 43.2. The topological polar surface area (TPSA) is 49.7 Å². The molecule has 3 fully saturated rings. The van der Waals surface area contributed by atoms with Crippen molar-refractivity contribution in [3.8, 4) is 0 Å². The molecule has 3 nitrogen and oxygen atoms in total. The Morgan fingerprint density at radius 1 is 1.10 bits per heavy atom. The Morgan fingerprint density at radius 2 is 1.87 bits per heavy atom. The number of carbonyl (C=O) groups is 1. The van der Waals surface area contributed by atoms with Crippen LogP contribution in [-0.4, -0.2) is 16.7 Å². The highest BCUT2D eigenvalue weighted by molar-refractivity contribution is 6.07. The fourth-order valence-corrected chi connectivity index (χ4v) is 8.50. The van der Waals surface area contributed by atoms with Crippen molar-refractivity contribution in [1.29, 1.82) is 0 Å². The summed E-state index contributed by atoms with van der Waals surface area (Å²) in [7, 11) is 0. The lowest BCUT2D eigenvalue weighted by Gasteiger charge is -2.58. The van der Waals surface area contributed by atoms with Crippen LogP contribution in [0.3, 0.4) is 0 Å². The minimum atomic E-state index is -0.0174. The van der Waals surface area contributed by atoms with Crippen LogP contribution in [-0.2, 0) is 4.79 Å². The molecule has 0 aromatic heterocycles. The predicted molar refractivity (Wildman–Crippen MR) is 123 cm³/mol. The minimum absolute atomic E-state index is 0.0174. The zero-order valence-corrected chi connectivity index (χ0v) is 19.9. The molecule has 0 saturated heterocycles. The van der Waals surface area contributed by atoms with E-state index in [0.29, 0.717) is 34.7 Å². The molecule has 0 aliphatic heterocycles. The summed E-state index contributed by atoms with van der Waals surface area (Å²) in [4.78, 5) is 13.3. The Labute approximate surface area is 183 Å².